The topological polar surface area (TPSA) is 64.6 Å². The van der Waals surface area contributed by atoms with Crippen molar-refractivity contribution >= 4 is 6.03 Å². The third-order valence-corrected chi connectivity index (χ3v) is 10.7. The maximum absolute atomic E-state index is 13.6. The summed E-state index contributed by atoms with van der Waals surface area (Å²) in [6.45, 7) is 1.17. The second-order valence-electron chi connectivity index (χ2n) is 13.3. The minimum Gasteiger partial charge on any atom is -0.378 e. The average molecular weight is 600 g/mol. The Hall–Kier alpha value is -3.93. The predicted molar refractivity (Wildman–Crippen MR) is 180 cm³/mol. The number of rotatable bonds is 10. The van der Waals surface area contributed by atoms with Crippen LogP contribution in [0, 0.1) is 5.92 Å². The van der Waals surface area contributed by atoms with Gasteiger partial charge in [-0.2, -0.15) is 0 Å². The molecular formula is C40H45N3O2. The monoisotopic (exact) mass is 599 g/mol. The molecule has 2 heterocycles. The molecule has 2 amide bonds. The fourth-order valence-electron chi connectivity index (χ4n) is 8.38. The first kappa shape index (κ1) is 29.8. The van der Waals surface area contributed by atoms with Crippen molar-refractivity contribution in [1.29, 1.82) is 0 Å². The van der Waals surface area contributed by atoms with E-state index >= 15 is 0 Å². The van der Waals surface area contributed by atoms with E-state index in [-0.39, 0.29) is 12.1 Å². The number of nitrogens with one attached hydrogen (secondary N) is 2. The van der Waals surface area contributed by atoms with Crippen molar-refractivity contribution in [2.24, 2.45) is 5.92 Å². The molecule has 232 valence electrons. The van der Waals surface area contributed by atoms with Crippen LogP contribution in [-0.4, -0.2) is 34.7 Å². The van der Waals surface area contributed by atoms with Crippen molar-refractivity contribution in [3.8, 4) is 0 Å². The van der Waals surface area contributed by atoms with Crippen molar-refractivity contribution in [3.05, 3.63) is 143 Å². The van der Waals surface area contributed by atoms with Crippen LogP contribution in [-0.2, 0) is 12.0 Å². The van der Waals surface area contributed by atoms with Crippen LogP contribution in [0.5, 0.6) is 0 Å². The highest BCUT2D eigenvalue weighted by molar-refractivity contribution is 5.75. The van der Waals surface area contributed by atoms with E-state index in [1.165, 1.54) is 25.8 Å². The standard InChI is InChI=1S/C40H45N3O2/c44-39(41-33-22-20-29(21-23-33)26-27-43-36-24-25-37(43)35-19-11-10-18-34(35)36)42-38(28-30-12-4-1-5-13-30)40(45,31-14-6-2-7-15-31)32-16-8-3-9-17-32/h1-19,29,33,36-38,45H,20-28H2,(H2,41,42,44)/t29?,33?,36-,37+,38-/m1/s1. The molecular weight excluding hydrogens is 554 g/mol. The molecule has 3 N–H and O–H groups in total. The molecule has 3 aliphatic rings. The van der Waals surface area contributed by atoms with Crippen LogP contribution in [0.15, 0.2) is 115 Å². The average Bonchev–Trinajstić information content (AvgIpc) is 3.65. The second-order valence-corrected chi connectivity index (χ2v) is 13.3. The Labute approximate surface area is 267 Å². The summed E-state index contributed by atoms with van der Waals surface area (Å²) in [5, 5.41) is 19.1. The third kappa shape index (κ3) is 6.16. The Bertz CT molecular complexity index is 1480. The van der Waals surface area contributed by atoms with Crippen LogP contribution in [0.1, 0.15) is 84.8 Å². The molecule has 1 aliphatic carbocycles. The van der Waals surface area contributed by atoms with Gasteiger partial charge in [0.05, 0.1) is 6.04 Å². The van der Waals surface area contributed by atoms with Crippen LogP contribution in [0.3, 0.4) is 0 Å². The van der Waals surface area contributed by atoms with Crippen molar-refractivity contribution in [2.45, 2.75) is 81.1 Å². The first-order valence-corrected chi connectivity index (χ1v) is 16.9. The van der Waals surface area contributed by atoms with Gasteiger partial charge in [-0.05, 0) is 91.6 Å². The Morgan fingerprint density at radius 1 is 0.711 bits per heavy atom. The first-order chi connectivity index (χ1) is 22.1. The molecule has 4 aromatic rings. The predicted octanol–water partition coefficient (Wildman–Crippen LogP) is 7.67. The molecule has 0 aromatic heterocycles. The molecule has 45 heavy (non-hydrogen) atoms. The highest BCUT2D eigenvalue weighted by Gasteiger charge is 2.44. The Balaban J connectivity index is 0.992. The molecule has 1 saturated carbocycles. The lowest BCUT2D eigenvalue weighted by Gasteiger charge is -2.38. The van der Waals surface area contributed by atoms with Gasteiger partial charge in [-0.1, -0.05) is 115 Å². The van der Waals surface area contributed by atoms with E-state index in [4.69, 9.17) is 0 Å². The molecule has 4 aromatic carbocycles. The summed E-state index contributed by atoms with van der Waals surface area (Å²) in [6, 6.07) is 39.1. The number of benzene rings is 4. The summed E-state index contributed by atoms with van der Waals surface area (Å²) >= 11 is 0. The van der Waals surface area contributed by atoms with Gasteiger partial charge in [0.25, 0.3) is 0 Å². The van der Waals surface area contributed by atoms with Crippen LogP contribution in [0.2, 0.25) is 0 Å². The van der Waals surface area contributed by atoms with Gasteiger partial charge >= 0.3 is 6.03 Å². The molecule has 1 saturated heterocycles. The summed E-state index contributed by atoms with van der Waals surface area (Å²) in [5.74, 6) is 0.710. The fraction of sp³-hybridized carbons (Fsp3) is 0.375. The molecule has 2 aliphatic heterocycles. The highest BCUT2D eigenvalue weighted by Crippen LogP contribution is 2.53. The number of fused-ring (bicyclic) bond motifs is 5. The fourth-order valence-corrected chi connectivity index (χ4v) is 8.38. The minimum atomic E-state index is -1.41. The number of nitrogens with zero attached hydrogens (tertiary/aromatic N) is 1. The van der Waals surface area contributed by atoms with Gasteiger partial charge < -0.3 is 15.7 Å². The zero-order chi connectivity index (χ0) is 30.6. The third-order valence-electron chi connectivity index (χ3n) is 10.7. The highest BCUT2D eigenvalue weighted by atomic mass is 16.3. The van der Waals surface area contributed by atoms with E-state index in [1.54, 1.807) is 11.1 Å². The maximum atomic E-state index is 13.6. The smallest absolute Gasteiger partial charge is 0.315 e. The molecule has 2 fully saturated rings. The van der Waals surface area contributed by atoms with Crippen molar-refractivity contribution in [2.75, 3.05) is 6.54 Å². The summed E-state index contributed by atoms with van der Waals surface area (Å²) in [6.07, 6.45) is 8.60. The SMILES string of the molecule is O=C(NC1CCC(CCN2[C@@H]3CC[C@H]2c2ccccc23)CC1)N[C@H](Cc1ccccc1)C(O)(c1ccccc1)c1ccccc1. The zero-order valence-electron chi connectivity index (χ0n) is 26.0. The number of urea groups is 1. The summed E-state index contributed by atoms with van der Waals surface area (Å²) in [7, 11) is 0. The molecule has 7 rings (SSSR count). The molecule has 3 atom stereocenters. The lowest BCUT2D eigenvalue weighted by atomic mass is 9.77. The normalized spacial score (nSPS) is 23.3. The van der Waals surface area contributed by atoms with Gasteiger partial charge in [0.15, 0.2) is 0 Å². The Morgan fingerprint density at radius 2 is 1.22 bits per heavy atom. The molecule has 5 heteroatoms. The van der Waals surface area contributed by atoms with E-state index in [9.17, 15) is 9.90 Å². The zero-order valence-corrected chi connectivity index (χ0v) is 26.0. The van der Waals surface area contributed by atoms with Gasteiger partial charge in [-0.15, -0.1) is 0 Å². The molecule has 0 unspecified atom stereocenters. The number of hydrogen-bond donors (Lipinski definition) is 3. The van der Waals surface area contributed by atoms with Crippen LogP contribution in [0.25, 0.3) is 0 Å². The van der Waals surface area contributed by atoms with Crippen molar-refractivity contribution < 1.29 is 9.90 Å². The van der Waals surface area contributed by atoms with E-state index in [1.807, 2.05) is 78.9 Å². The number of aliphatic hydroxyl groups is 1. The Kier molecular flexibility index (Phi) is 8.73. The lowest BCUT2D eigenvalue weighted by Crippen LogP contribution is -2.56. The van der Waals surface area contributed by atoms with Gasteiger partial charge in [0.2, 0.25) is 0 Å². The summed E-state index contributed by atoms with van der Waals surface area (Å²) in [4.78, 5) is 16.4. The van der Waals surface area contributed by atoms with Crippen molar-refractivity contribution in [3.63, 3.8) is 0 Å². The summed E-state index contributed by atoms with van der Waals surface area (Å²) < 4.78 is 0. The lowest BCUT2D eigenvalue weighted by molar-refractivity contribution is 0.0404. The van der Waals surface area contributed by atoms with E-state index in [0.717, 1.165) is 42.4 Å². The number of carbonyl (C=O) groups is 1. The molecule has 5 nitrogen and oxygen atoms in total. The van der Waals surface area contributed by atoms with Gasteiger partial charge in [-0.3, -0.25) is 4.90 Å². The first-order valence-electron chi connectivity index (χ1n) is 16.9. The van der Waals surface area contributed by atoms with E-state index in [2.05, 4.69) is 51.9 Å². The van der Waals surface area contributed by atoms with E-state index < -0.39 is 11.6 Å². The largest absolute Gasteiger partial charge is 0.378 e. The molecule has 0 radical (unpaired) electrons. The Morgan fingerprint density at radius 3 is 1.78 bits per heavy atom. The summed E-state index contributed by atoms with van der Waals surface area (Å²) in [5.41, 5.74) is 4.28. The quantitative estimate of drug-likeness (QED) is 0.175. The minimum absolute atomic E-state index is 0.146. The van der Waals surface area contributed by atoms with Crippen LogP contribution >= 0.6 is 0 Å². The number of amides is 2. The van der Waals surface area contributed by atoms with E-state index in [0.29, 0.717) is 24.4 Å². The van der Waals surface area contributed by atoms with Gasteiger partial charge in [0, 0.05) is 18.1 Å². The van der Waals surface area contributed by atoms with Crippen molar-refractivity contribution in [1.82, 2.24) is 15.5 Å². The number of hydrogen-bond acceptors (Lipinski definition) is 3. The van der Waals surface area contributed by atoms with Crippen LogP contribution < -0.4 is 10.6 Å². The van der Waals surface area contributed by atoms with Gasteiger partial charge in [-0.25, -0.2) is 4.79 Å². The molecule has 2 bridgehead atoms. The molecule has 0 spiro atoms. The maximum Gasteiger partial charge on any atom is 0.315 e. The second kappa shape index (κ2) is 13.2. The van der Waals surface area contributed by atoms with Crippen LogP contribution in [0.4, 0.5) is 4.79 Å². The number of carbonyl (C=O) groups excluding carboxylic acids is 1. The van der Waals surface area contributed by atoms with Gasteiger partial charge in [0.1, 0.15) is 5.60 Å².